The van der Waals surface area contributed by atoms with E-state index in [0.717, 1.165) is 28.9 Å². The van der Waals surface area contributed by atoms with Crippen LogP contribution in [0.25, 0.3) is 12.2 Å². The highest BCUT2D eigenvalue weighted by atomic mass is 16.5. The van der Waals surface area contributed by atoms with E-state index in [9.17, 15) is 19.2 Å². The highest BCUT2D eigenvalue weighted by Gasteiger charge is 2.09. The van der Waals surface area contributed by atoms with Crippen LogP contribution in [-0.2, 0) is 25.5 Å². The molecule has 0 unspecified atom stereocenters. The summed E-state index contributed by atoms with van der Waals surface area (Å²) in [5.74, 6) is 0.910. The minimum absolute atomic E-state index is 0.0486. The molecule has 0 radical (unpaired) electrons. The smallest absolute Gasteiger partial charge is 0.343 e. The molecule has 0 bridgehead atoms. The average Bonchev–Trinajstić information content (AvgIpc) is 3.55. The predicted molar refractivity (Wildman–Crippen MR) is 361 cm³/mol. The maximum atomic E-state index is 12.5. The van der Waals surface area contributed by atoms with Crippen molar-refractivity contribution in [3.8, 4) is 11.5 Å². The number of Topliss-reactive ketones (excluding diaryl/α,β-unsaturated/α-hetero) is 2. The number of rotatable bonds is 8. The second-order valence-electron chi connectivity index (χ2n) is 14.4. The summed E-state index contributed by atoms with van der Waals surface area (Å²) in [4.78, 5) is 43.0. The molecule has 7 rings (SSSR count). The van der Waals surface area contributed by atoms with E-state index in [1.165, 1.54) is 39.9 Å². The first-order chi connectivity index (χ1) is 39.8. The molecule has 8 nitrogen and oxygen atoms in total. The lowest BCUT2D eigenvalue weighted by molar-refractivity contribution is -0.138. The lowest BCUT2D eigenvalue weighted by atomic mass is 10.0. The number of methoxy groups -OCH3 is 3. The van der Waals surface area contributed by atoms with Gasteiger partial charge in [-0.3, -0.25) is 9.59 Å². The van der Waals surface area contributed by atoms with Crippen molar-refractivity contribution < 1.29 is 38.1 Å². The van der Waals surface area contributed by atoms with Gasteiger partial charge in [-0.25, -0.2) is 4.79 Å². The second kappa shape index (κ2) is 77.5. The van der Waals surface area contributed by atoms with Gasteiger partial charge in [0.1, 0.15) is 17.3 Å². The van der Waals surface area contributed by atoms with Crippen molar-refractivity contribution in [1.29, 1.82) is 0 Å². The lowest BCUT2D eigenvalue weighted by Crippen LogP contribution is -2.08. The van der Waals surface area contributed by atoms with Crippen LogP contribution >= 0.6 is 0 Å². The van der Waals surface area contributed by atoms with Crippen molar-refractivity contribution in [1.82, 2.24) is 0 Å². The second-order valence-corrected chi connectivity index (χ2v) is 14.4. The summed E-state index contributed by atoms with van der Waals surface area (Å²) in [5, 5.41) is 0. The van der Waals surface area contributed by atoms with Gasteiger partial charge >= 0.3 is 11.9 Å². The first-order valence-electron chi connectivity index (χ1n) is 29.1. The zero-order valence-electron chi connectivity index (χ0n) is 55.5. The maximum absolute atomic E-state index is 12.5. The molecular weight excluding hydrogens is 1020 g/mol. The summed E-state index contributed by atoms with van der Waals surface area (Å²) in [7, 11) is 6.25. The molecule has 0 aliphatic heterocycles. The molecule has 0 saturated heterocycles. The number of benzene rings is 7. The Morgan fingerprint density at radius 2 is 0.585 bits per heavy atom. The summed E-state index contributed by atoms with van der Waals surface area (Å²) < 4.78 is 19.1. The Hall–Kier alpha value is -7.68. The van der Waals surface area contributed by atoms with Crippen LogP contribution < -0.4 is 9.47 Å². The van der Waals surface area contributed by atoms with Gasteiger partial charge in [0.05, 0.1) is 19.8 Å². The van der Waals surface area contributed by atoms with Crippen LogP contribution in [0.15, 0.2) is 206 Å². The number of hydrogen-bond donors (Lipinski definition) is 0. The lowest BCUT2D eigenvalue weighted by Gasteiger charge is -2.07. The van der Waals surface area contributed by atoms with Crippen LogP contribution in [0.4, 0.5) is 0 Å². The van der Waals surface area contributed by atoms with Crippen molar-refractivity contribution in [3.63, 3.8) is 0 Å². The Morgan fingerprint density at radius 3 is 0.793 bits per heavy atom. The van der Waals surface area contributed by atoms with E-state index in [2.05, 4.69) is 23.3 Å². The molecule has 0 aliphatic carbocycles. The van der Waals surface area contributed by atoms with Gasteiger partial charge in [-0.1, -0.05) is 299 Å². The van der Waals surface area contributed by atoms with Crippen LogP contribution in [0.3, 0.4) is 0 Å². The van der Waals surface area contributed by atoms with E-state index >= 15 is 0 Å². The first kappa shape index (κ1) is 90.8. The number of carbonyl (C=O) groups excluding carboxylic acids is 4. The molecule has 8 heteroatoms. The van der Waals surface area contributed by atoms with E-state index in [4.69, 9.17) is 9.47 Å². The van der Waals surface area contributed by atoms with Crippen molar-refractivity contribution in [2.75, 3.05) is 28.4 Å². The molecule has 0 aliphatic rings. The van der Waals surface area contributed by atoms with Crippen molar-refractivity contribution in [2.45, 2.75) is 151 Å². The van der Waals surface area contributed by atoms with E-state index in [-0.39, 0.29) is 17.5 Å². The molecule has 0 fully saturated rings. The van der Waals surface area contributed by atoms with Crippen LogP contribution in [0.5, 0.6) is 11.5 Å². The minimum atomic E-state index is -0.400. The highest BCUT2D eigenvalue weighted by molar-refractivity contribution is 5.94. The number of ketones is 2. The quantitative estimate of drug-likeness (QED) is 0.0641. The Labute approximate surface area is 502 Å². The zero-order valence-corrected chi connectivity index (χ0v) is 55.5. The fourth-order valence-corrected chi connectivity index (χ4v) is 4.73. The average molecular weight is 1130 g/mol. The Morgan fingerprint density at radius 1 is 0.366 bits per heavy atom. The summed E-state index contributed by atoms with van der Waals surface area (Å²) >= 11 is 0. The topological polar surface area (TPSA) is 105 Å². The van der Waals surface area contributed by atoms with Gasteiger partial charge in [0.15, 0.2) is 5.78 Å². The normalized spacial score (nSPS) is 8.05. The minimum Gasteiger partial charge on any atom is -0.497 e. The van der Waals surface area contributed by atoms with E-state index in [1.807, 2.05) is 303 Å². The first-order valence-corrected chi connectivity index (χ1v) is 29.1. The zero-order chi connectivity index (χ0) is 64.6. The molecular formula is C74H112O8. The molecule has 0 saturated carbocycles. The molecule has 0 amide bonds. The molecule has 0 heterocycles. The summed E-state index contributed by atoms with van der Waals surface area (Å²) in [6.45, 7) is 38.2. The van der Waals surface area contributed by atoms with Crippen molar-refractivity contribution in [3.05, 3.63) is 240 Å². The van der Waals surface area contributed by atoms with Crippen molar-refractivity contribution in [2.24, 2.45) is 0 Å². The van der Waals surface area contributed by atoms with Crippen LogP contribution in [0, 0.1) is 0 Å². The van der Waals surface area contributed by atoms with Crippen molar-refractivity contribution >= 4 is 35.7 Å². The van der Waals surface area contributed by atoms with Crippen LogP contribution in [0.2, 0.25) is 0 Å². The Kier molecular flexibility index (Phi) is 85.9. The Bertz CT molecular complexity index is 2150. The Balaban J connectivity index is -0.000000157. The van der Waals surface area contributed by atoms with E-state index < -0.39 is 5.97 Å². The standard InChI is InChI=1S/C31H26O4.3C6H6.C3H6O2.C3H6O.C3H8.C2H6O.7C2H6/c1-22(32)27-13-5-23(6-14-27)3-4-24-7-15-28(16-8-24)31(33)35-30-19-11-26(12-20-30)21-25-9-17-29(34-2)18-10-25;3*1-2-4-6-5-3-1;1-3(4)5-2;1-3(2)4;2*1-3-2;7*1-2/h3-20H,21H2,1-2H3;3*1-6H;1-2H3;1-2H3;3H2,1-2H3;1-2H3;7*1-2H3. The predicted octanol–water partition coefficient (Wildman–Crippen LogP) is 21.6. The van der Waals surface area contributed by atoms with Gasteiger partial charge in [0.25, 0.3) is 0 Å². The molecule has 7 aromatic carbocycles. The third-order valence-corrected chi connectivity index (χ3v) is 7.92. The largest absolute Gasteiger partial charge is 0.497 e. The van der Waals surface area contributed by atoms with Gasteiger partial charge in [0, 0.05) is 26.7 Å². The third kappa shape index (κ3) is 64.8. The fraction of sp³-hybridized carbons (Fsp3) is 0.351. The molecule has 7 aromatic rings. The molecule has 82 heavy (non-hydrogen) atoms. The van der Waals surface area contributed by atoms with Gasteiger partial charge in [-0.05, 0) is 85.8 Å². The maximum Gasteiger partial charge on any atom is 0.343 e. The SMILES string of the molecule is CC.CC.CC.CC.CC.CC.CC.CC(C)=O.CCC.COC.COC(C)=O.COc1ccc(Cc2ccc(OC(=O)c3ccc(C=Cc4ccc(C(C)=O)cc4)cc3)cc2)cc1.c1ccccc1.c1ccccc1.c1ccccc1. The third-order valence-electron chi connectivity index (χ3n) is 7.92. The monoisotopic (exact) mass is 1130 g/mol. The number of esters is 2. The summed E-state index contributed by atoms with van der Waals surface area (Å²) in [5.41, 5.74) is 5.43. The van der Waals surface area contributed by atoms with E-state index in [1.54, 1.807) is 40.4 Å². The molecule has 456 valence electrons. The molecule has 0 N–H and O–H groups in total. The van der Waals surface area contributed by atoms with Gasteiger partial charge in [0.2, 0.25) is 0 Å². The van der Waals surface area contributed by atoms with E-state index in [0.29, 0.717) is 16.9 Å². The molecule has 0 spiro atoms. The highest BCUT2D eigenvalue weighted by Crippen LogP contribution is 2.19. The summed E-state index contributed by atoms with van der Waals surface area (Å²) in [6, 6.07) is 66.2. The number of hydrogen-bond acceptors (Lipinski definition) is 8. The number of carbonyl (C=O) groups is 4. The van der Waals surface area contributed by atoms with Gasteiger partial charge < -0.3 is 23.7 Å². The van der Waals surface area contributed by atoms with Crippen LogP contribution in [0.1, 0.15) is 188 Å². The fourth-order valence-electron chi connectivity index (χ4n) is 4.73. The van der Waals surface area contributed by atoms with Gasteiger partial charge in [-0.15, -0.1) is 0 Å². The van der Waals surface area contributed by atoms with Gasteiger partial charge in [-0.2, -0.15) is 0 Å². The summed E-state index contributed by atoms with van der Waals surface area (Å²) in [6.07, 6.45) is 5.96. The van der Waals surface area contributed by atoms with Crippen LogP contribution in [-0.4, -0.2) is 51.9 Å². The number of ether oxygens (including phenoxy) is 4. The molecule has 0 aromatic heterocycles. The molecule has 0 atom stereocenters.